The van der Waals surface area contributed by atoms with Gasteiger partial charge in [0.1, 0.15) is 11.1 Å². The highest BCUT2D eigenvalue weighted by molar-refractivity contribution is 5.98. The van der Waals surface area contributed by atoms with Crippen molar-refractivity contribution in [2.75, 3.05) is 5.32 Å². The number of esters is 1. The van der Waals surface area contributed by atoms with E-state index in [4.69, 9.17) is 9.15 Å². The van der Waals surface area contributed by atoms with Crippen molar-refractivity contribution >= 4 is 34.2 Å². The predicted octanol–water partition coefficient (Wildman–Crippen LogP) is 3.02. The minimum Gasteiger partial charge on any atom is -0.449 e. The van der Waals surface area contributed by atoms with Crippen LogP contribution in [0, 0.1) is 15.9 Å². The third-order valence-corrected chi connectivity index (χ3v) is 3.92. The molecule has 0 unspecified atom stereocenters. The summed E-state index contributed by atoms with van der Waals surface area (Å²) in [7, 11) is 0. The highest BCUT2D eigenvalue weighted by Crippen LogP contribution is 2.22. The minimum atomic E-state index is -1.35. The number of nitro groups is 1. The zero-order valence-electron chi connectivity index (χ0n) is 14.9. The van der Waals surface area contributed by atoms with Crippen LogP contribution >= 0.6 is 0 Å². The molecule has 1 amide bonds. The minimum absolute atomic E-state index is 0.0591. The molecule has 10 heteroatoms. The molecule has 29 heavy (non-hydrogen) atoms. The maximum Gasteiger partial charge on any atom is 0.351 e. The fourth-order valence-electron chi connectivity index (χ4n) is 2.46. The Balaban J connectivity index is 1.74. The molecule has 0 saturated carbocycles. The number of para-hydroxylation sites is 1. The van der Waals surface area contributed by atoms with Crippen molar-refractivity contribution in [3.05, 3.63) is 80.4 Å². The summed E-state index contributed by atoms with van der Waals surface area (Å²) in [5.41, 5.74) is -1.90. The number of nitrogens with one attached hydrogen (secondary N) is 1. The number of nitrogens with zero attached hydrogens (tertiary/aromatic N) is 1. The van der Waals surface area contributed by atoms with E-state index in [-0.39, 0.29) is 16.8 Å². The highest BCUT2D eigenvalue weighted by atomic mass is 19.1. The molecule has 3 aromatic rings. The average molecular weight is 400 g/mol. The highest BCUT2D eigenvalue weighted by Gasteiger charge is 2.23. The molecule has 0 fully saturated rings. The Bertz CT molecular complexity index is 1190. The Labute approximate surface area is 161 Å². The van der Waals surface area contributed by atoms with E-state index in [0.717, 1.165) is 18.2 Å². The second kappa shape index (κ2) is 7.89. The Morgan fingerprint density at radius 3 is 2.66 bits per heavy atom. The molecular weight excluding hydrogens is 387 g/mol. The maximum absolute atomic E-state index is 13.4. The van der Waals surface area contributed by atoms with Gasteiger partial charge in [0.15, 0.2) is 6.10 Å². The van der Waals surface area contributed by atoms with Crippen LogP contribution in [0.1, 0.15) is 17.3 Å². The average Bonchev–Trinajstić information content (AvgIpc) is 2.68. The number of benzene rings is 2. The normalized spacial score (nSPS) is 11.7. The fourth-order valence-corrected chi connectivity index (χ4v) is 2.46. The molecule has 0 bridgehead atoms. The van der Waals surface area contributed by atoms with Gasteiger partial charge in [-0.15, -0.1) is 0 Å². The van der Waals surface area contributed by atoms with Crippen molar-refractivity contribution in [2.45, 2.75) is 13.0 Å². The van der Waals surface area contributed by atoms with Crippen LogP contribution in [0.3, 0.4) is 0 Å². The Kier molecular flexibility index (Phi) is 5.35. The number of rotatable bonds is 5. The SMILES string of the molecule is C[C@H](OC(=O)c1cc2ccccc2oc1=O)C(=O)Nc1ccc(F)c([N+](=O)[O-])c1. The second-order valence-electron chi connectivity index (χ2n) is 5.95. The van der Waals surface area contributed by atoms with Gasteiger partial charge >= 0.3 is 17.3 Å². The number of nitro benzene ring substituents is 1. The lowest BCUT2D eigenvalue weighted by atomic mass is 10.2. The van der Waals surface area contributed by atoms with Crippen LogP contribution in [0.25, 0.3) is 11.0 Å². The molecule has 1 N–H and O–H groups in total. The van der Waals surface area contributed by atoms with Crippen LogP contribution in [0.2, 0.25) is 0 Å². The third kappa shape index (κ3) is 4.26. The second-order valence-corrected chi connectivity index (χ2v) is 5.95. The lowest BCUT2D eigenvalue weighted by molar-refractivity contribution is -0.387. The van der Waals surface area contributed by atoms with Crippen LogP contribution in [0.5, 0.6) is 0 Å². The molecule has 0 aliphatic rings. The van der Waals surface area contributed by atoms with E-state index in [1.807, 2.05) is 0 Å². The molecule has 1 aromatic heterocycles. The molecule has 1 heterocycles. The predicted molar refractivity (Wildman–Crippen MR) is 99.0 cm³/mol. The number of carbonyl (C=O) groups excluding carboxylic acids is 2. The van der Waals surface area contributed by atoms with Crippen LogP contribution < -0.4 is 10.9 Å². The van der Waals surface area contributed by atoms with E-state index >= 15 is 0 Å². The summed E-state index contributed by atoms with van der Waals surface area (Å²) in [4.78, 5) is 46.3. The van der Waals surface area contributed by atoms with Crippen molar-refractivity contribution in [1.82, 2.24) is 0 Å². The molecule has 2 aromatic carbocycles. The van der Waals surface area contributed by atoms with E-state index in [9.17, 15) is 28.9 Å². The summed E-state index contributed by atoms with van der Waals surface area (Å²) in [6, 6.07) is 10.6. The molecule has 1 atom stereocenters. The Morgan fingerprint density at radius 2 is 1.93 bits per heavy atom. The van der Waals surface area contributed by atoms with E-state index < -0.39 is 40.0 Å². The molecule has 0 radical (unpaired) electrons. The van der Waals surface area contributed by atoms with Gasteiger partial charge in [0.25, 0.3) is 5.91 Å². The fraction of sp³-hybridized carbons (Fsp3) is 0.105. The molecule has 9 nitrogen and oxygen atoms in total. The van der Waals surface area contributed by atoms with Crippen LogP contribution in [0.15, 0.2) is 57.7 Å². The number of hydrogen-bond acceptors (Lipinski definition) is 7. The number of fused-ring (bicyclic) bond motifs is 1. The number of amides is 1. The summed E-state index contributed by atoms with van der Waals surface area (Å²) < 4.78 is 23.4. The standard InChI is InChI=1S/C19H13FN2O7/c1-10(17(23)21-12-6-7-14(20)15(9-12)22(26)27)28-18(24)13-8-11-4-2-3-5-16(11)29-19(13)25/h2-10H,1H3,(H,21,23)/t10-/m0/s1. The van der Waals surface area contributed by atoms with Gasteiger partial charge in [0.05, 0.1) is 4.92 Å². The molecule has 148 valence electrons. The Morgan fingerprint density at radius 1 is 1.21 bits per heavy atom. The number of halogens is 1. The van der Waals surface area contributed by atoms with Gasteiger partial charge < -0.3 is 14.5 Å². The summed E-state index contributed by atoms with van der Waals surface area (Å²) >= 11 is 0. The first kappa shape index (κ1) is 19.7. The molecule has 0 aliphatic carbocycles. The third-order valence-electron chi connectivity index (χ3n) is 3.92. The molecule has 0 aliphatic heterocycles. The summed E-state index contributed by atoms with van der Waals surface area (Å²) in [6.07, 6.45) is -1.35. The number of ether oxygens (including phenoxy) is 1. The van der Waals surface area contributed by atoms with E-state index in [0.29, 0.717) is 5.39 Å². The molecule has 0 saturated heterocycles. The zero-order valence-corrected chi connectivity index (χ0v) is 14.9. The van der Waals surface area contributed by atoms with Crippen molar-refractivity contribution in [1.29, 1.82) is 0 Å². The lowest BCUT2D eigenvalue weighted by Gasteiger charge is -2.13. The van der Waals surface area contributed by atoms with Gasteiger partial charge in [-0.3, -0.25) is 14.9 Å². The van der Waals surface area contributed by atoms with E-state index in [2.05, 4.69) is 5.32 Å². The van der Waals surface area contributed by atoms with Gasteiger partial charge in [-0.1, -0.05) is 18.2 Å². The number of carbonyl (C=O) groups is 2. The molecule has 3 rings (SSSR count). The lowest BCUT2D eigenvalue weighted by Crippen LogP contribution is -2.31. The van der Waals surface area contributed by atoms with Crippen LogP contribution in [-0.4, -0.2) is 22.9 Å². The number of hydrogen-bond donors (Lipinski definition) is 1. The zero-order chi connectivity index (χ0) is 21.1. The topological polar surface area (TPSA) is 129 Å². The summed E-state index contributed by atoms with van der Waals surface area (Å²) in [6.45, 7) is 1.24. The summed E-state index contributed by atoms with van der Waals surface area (Å²) in [5, 5.41) is 13.5. The first-order chi connectivity index (χ1) is 13.8. The van der Waals surface area contributed by atoms with E-state index in [1.54, 1.807) is 24.3 Å². The Hall–Kier alpha value is -4.08. The van der Waals surface area contributed by atoms with Gasteiger partial charge in [0, 0.05) is 17.1 Å². The van der Waals surface area contributed by atoms with Gasteiger partial charge in [-0.25, -0.2) is 9.59 Å². The smallest absolute Gasteiger partial charge is 0.351 e. The van der Waals surface area contributed by atoms with Gasteiger partial charge in [0.2, 0.25) is 5.82 Å². The van der Waals surface area contributed by atoms with Crippen molar-refractivity contribution in [3.8, 4) is 0 Å². The first-order valence-corrected chi connectivity index (χ1v) is 8.25. The number of anilines is 1. The van der Waals surface area contributed by atoms with E-state index in [1.165, 1.54) is 13.0 Å². The summed E-state index contributed by atoms with van der Waals surface area (Å²) in [5.74, 6) is -2.96. The van der Waals surface area contributed by atoms with Crippen molar-refractivity contribution in [3.63, 3.8) is 0 Å². The molecular formula is C19H13FN2O7. The quantitative estimate of drug-likeness (QED) is 0.302. The van der Waals surface area contributed by atoms with Crippen molar-refractivity contribution in [2.24, 2.45) is 0 Å². The maximum atomic E-state index is 13.4. The van der Waals surface area contributed by atoms with Crippen LogP contribution in [-0.2, 0) is 9.53 Å². The molecule has 0 spiro atoms. The monoisotopic (exact) mass is 400 g/mol. The van der Waals surface area contributed by atoms with Crippen LogP contribution in [0.4, 0.5) is 15.8 Å². The largest absolute Gasteiger partial charge is 0.449 e. The van der Waals surface area contributed by atoms with Gasteiger partial charge in [-0.05, 0) is 31.2 Å². The van der Waals surface area contributed by atoms with Crippen molar-refractivity contribution < 1.29 is 28.1 Å². The first-order valence-electron chi connectivity index (χ1n) is 8.25. The van der Waals surface area contributed by atoms with Gasteiger partial charge in [-0.2, -0.15) is 4.39 Å².